The van der Waals surface area contributed by atoms with Crippen molar-refractivity contribution in [2.24, 2.45) is 11.8 Å². The number of ether oxygens (including phenoxy) is 4. The molecule has 2 fully saturated rings. The maximum absolute atomic E-state index is 13.1. The SMILES string of the molecule is O=C(NC1CC2CCC1C2)C1=C[C@H](c2ccc3c(c2)OCO3)C[C@H](OCCCCO)O1. The van der Waals surface area contributed by atoms with E-state index in [0.717, 1.165) is 35.8 Å². The highest BCUT2D eigenvalue weighted by Crippen LogP contribution is 2.44. The predicted molar refractivity (Wildman–Crippen MR) is 113 cm³/mol. The Morgan fingerprint density at radius 1 is 1.13 bits per heavy atom. The molecule has 0 saturated heterocycles. The van der Waals surface area contributed by atoms with Gasteiger partial charge in [-0.2, -0.15) is 0 Å². The number of hydrogen-bond donors (Lipinski definition) is 2. The van der Waals surface area contributed by atoms with Gasteiger partial charge < -0.3 is 29.4 Å². The fourth-order valence-electron chi connectivity index (χ4n) is 5.38. The standard InChI is InChI=1S/C24H31NO6/c26-7-1-2-8-28-23-13-18(16-5-6-20-21(11-16)30-14-29-20)12-22(31-23)24(27)25-19-10-15-3-4-17(19)9-15/h5-6,11-12,15,17-19,23,26H,1-4,7-10,13-14H2,(H,25,27)/t15?,17?,18-,19?,23+/m0/s1. The number of rotatable bonds is 8. The van der Waals surface area contributed by atoms with Crippen molar-refractivity contribution in [3.8, 4) is 11.5 Å². The van der Waals surface area contributed by atoms with Crippen molar-refractivity contribution >= 4 is 5.91 Å². The number of nitrogens with one attached hydrogen (secondary N) is 1. The molecule has 168 valence electrons. The summed E-state index contributed by atoms with van der Waals surface area (Å²) in [5.74, 6) is 3.01. The van der Waals surface area contributed by atoms with Gasteiger partial charge in [-0.15, -0.1) is 0 Å². The smallest absolute Gasteiger partial charge is 0.286 e. The van der Waals surface area contributed by atoms with Crippen LogP contribution in [-0.4, -0.2) is 43.4 Å². The summed E-state index contributed by atoms with van der Waals surface area (Å²) < 4.78 is 22.8. The zero-order valence-electron chi connectivity index (χ0n) is 17.8. The first-order valence-corrected chi connectivity index (χ1v) is 11.5. The summed E-state index contributed by atoms with van der Waals surface area (Å²) in [5, 5.41) is 12.2. The minimum Gasteiger partial charge on any atom is -0.459 e. The van der Waals surface area contributed by atoms with Crippen LogP contribution in [-0.2, 0) is 14.3 Å². The number of unbranched alkanes of at least 4 members (excludes halogenated alkanes) is 1. The Kier molecular flexibility index (Phi) is 6.05. The van der Waals surface area contributed by atoms with Crippen LogP contribution in [0.5, 0.6) is 11.5 Å². The number of aliphatic hydroxyl groups is 1. The molecule has 2 aliphatic carbocycles. The molecule has 3 unspecified atom stereocenters. The number of hydrogen-bond acceptors (Lipinski definition) is 6. The highest BCUT2D eigenvalue weighted by atomic mass is 16.7. The van der Waals surface area contributed by atoms with Crippen molar-refractivity contribution in [1.82, 2.24) is 5.32 Å². The summed E-state index contributed by atoms with van der Waals surface area (Å²) in [4.78, 5) is 13.1. The summed E-state index contributed by atoms with van der Waals surface area (Å²) in [6.45, 7) is 0.863. The first-order valence-electron chi connectivity index (χ1n) is 11.5. The number of benzene rings is 1. The van der Waals surface area contributed by atoms with Crippen molar-refractivity contribution in [3.63, 3.8) is 0 Å². The predicted octanol–water partition coefficient (Wildman–Crippen LogP) is 3.22. The Labute approximate surface area is 182 Å². The third-order valence-corrected chi connectivity index (χ3v) is 7.02. The van der Waals surface area contributed by atoms with E-state index in [0.29, 0.717) is 31.1 Å². The van der Waals surface area contributed by atoms with Crippen LogP contribution in [0.3, 0.4) is 0 Å². The number of aliphatic hydroxyl groups excluding tert-OH is 1. The second-order valence-electron chi connectivity index (χ2n) is 9.09. The molecular formula is C24H31NO6. The molecule has 2 saturated carbocycles. The lowest BCUT2D eigenvalue weighted by molar-refractivity contribution is -0.147. The van der Waals surface area contributed by atoms with Gasteiger partial charge in [-0.05, 0) is 67.7 Å². The summed E-state index contributed by atoms with van der Waals surface area (Å²) in [5.41, 5.74) is 1.04. The molecule has 0 spiro atoms. The molecule has 2 N–H and O–H groups in total. The number of allylic oxidation sites excluding steroid dienone is 1. The Morgan fingerprint density at radius 2 is 2.03 bits per heavy atom. The highest BCUT2D eigenvalue weighted by Gasteiger charge is 2.41. The monoisotopic (exact) mass is 429 g/mol. The van der Waals surface area contributed by atoms with Crippen LogP contribution in [0.2, 0.25) is 0 Å². The summed E-state index contributed by atoms with van der Waals surface area (Å²) in [6, 6.07) is 6.15. The minimum absolute atomic E-state index is 0.0214. The van der Waals surface area contributed by atoms with Gasteiger partial charge in [0.1, 0.15) is 0 Å². The van der Waals surface area contributed by atoms with E-state index in [2.05, 4.69) is 5.32 Å². The van der Waals surface area contributed by atoms with E-state index in [1.165, 1.54) is 19.3 Å². The van der Waals surface area contributed by atoms with Crippen LogP contribution in [0.1, 0.15) is 56.4 Å². The molecule has 5 rings (SSSR count). The molecule has 1 amide bonds. The van der Waals surface area contributed by atoms with Crippen LogP contribution >= 0.6 is 0 Å². The molecule has 2 heterocycles. The average Bonchev–Trinajstić information content (AvgIpc) is 3.53. The molecule has 0 radical (unpaired) electrons. The molecule has 1 aromatic rings. The highest BCUT2D eigenvalue weighted by molar-refractivity contribution is 5.92. The van der Waals surface area contributed by atoms with Crippen LogP contribution in [0.15, 0.2) is 30.0 Å². The Morgan fingerprint density at radius 3 is 2.84 bits per heavy atom. The maximum atomic E-state index is 13.1. The maximum Gasteiger partial charge on any atom is 0.286 e. The molecule has 1 aromatic carbocycles. The van der Waals surface area contributed by atoms with Gasteiger partial charge in [-0.25, -0.2) is 0 Å². The van der Waals surface area contributed by atoms with Gasteiger partial charge in [-0.1, -0.05) is 12.5 Å². The molecule has 7 heteroatoms. The molecule has 5 atom stereocenters. The zero-order chi connectivity index (χ0) is 21.2. The van der Waals surface area contributed by atoms with Crippen molar-refractivity contribution in [1.29, 1.82) is 0 Å². The number of amides is 1. The quantitative estimate of drug-likeness (QED) is 0.617. The Hall–Kier alpha value is -2.25. The van der Waals surface area contributed by atoms with Gasteiger partial charge in [0.05, 0.1) is 6.61 Å². The molecule has 0 aromatic heterocycles. The van der Waals surface area contributed by atoms with Gasteiger partial charge in [-0.3, -0.25) is 4.79 Å². The summed E-state index contributed by atoms with van der Waals surface area (Å²) >= 11 is 0. The van der Waals surface area contributed by atoms with Crippen LogP contribution in [0.4, 0.5) is 0 Å². The minimum atomic E-state index is -0.500. The zero-order valence-corrected chi connectivity index (χ0v) is 17.8. The lowest BCUT2D eigenvalue weighted by atomic mass is 9.92. The van der Waals surface area contributed by atoms with E-state index in [4.69, 9.17) is 24.1 Å². The average molecular weight is 430 g/mol. The van der Waals surface area contributed by atoms with E-state index in [1.807, 2.05) is 24.3 Å². The Bertz CT molecular complexity index is 839. The van der Waals surface area contributed by atoms with E-state index in [1.54, 1.807) is 0 Å². The summed E-state index contributed by atoms with van der Waals surface area (Å²) in [6.07, 6.45) is 8.29. The number of carbonyl (C=O) groups is 1. The Balaban J connectivity index is 1.31. The second kappa shape index (κ2) is 9.09. The molecule has 2 bridgehead atoms. The fourth-order valence-corrected chi connectivity index (χ4v) is 5.38. The normalized spacial score (nSPS) is 30.7. The third kappa shape index (κ3) is 4.53. The third-order valence-electron chi connectivity index (χ3n) is 7.02. The fraction of sp³-hybridized carbons (Fsp3) is 0.625. The van der Waals surface area contributed by atoms with Crippen LogP contribution < -0.4 is 14.8 Å². The van der Waals surface area contributed by atoms with E-state index in [9.17, 15) is 4.79 Å². The van der Waals surface area contributed by atoms with E-state index in [-0.39, 0.29) is 31.3 Å². The number of fused-ring (bicyclic) bond motifs is 3. The topological polar surface area (TPSA) is 86.3 Å². The molecule has 2 aliphatic heterocycles. The van der Waals surface area contributed by atoms with Gasteiger partial charge in [0.2, 0.25) is 13.1 Å². The van der Waals surface area contributed by atoms with Gasteiger partial charge in [0.25, 0.3) is 5.91 Å². The van der Waals surface area contributed by atoms with Crippen molar-refractivity contribution in [2.45, 2.75) is 63.2 Å². The van der Waals surface area contributed by atoms with Gasteiger partial charge >= 0.3 is 0 Å². The lowest BCUT2D eigenvalue weighted by Gasteiger charge is -2.30. The largest absolute Gasteiger partial charge is 0.459 e. The van der Waals surface area contributed by atoms with Crippen molar-refractivity contribution < 1.29 is 28.8 Å². The van der Waals surface area contributed by atoms with E-state index >= 15 is 0 Å². The van der Waals surface area contributed by atoms with Gasteiger partial charge in [0, 0.05) is 25.0 Å². The molecule has 31 heavy (non-hydrogen) atoms. The van der Waals surface area contributed by atoms with Crippen molar-refractivity contribution in [2.75, 3.05) is 20.0 Å². The van der Waals surface area contributed by atoms with Gasteiger partial charge in [0.15, 0.2) is 17.3 Å². The van der Waals surface area contributed by atoms with Crippen LogP contribution in [0.25, 0.3) is 0 Å². The molecular weight excluding hydrogens is 398 g/mol. The van der Waals surface area contributed by atoms with Crippen molar-refractivity contribution in [3.05, 3.63) is 35.6 Å². The first kappa shape index (κ1) is 20.6. The van der Waals surface area contributed by atoms with E-state index < -0.39 is 6.29 Å². The second-order valence-corrected chi connectivity index (χ2v) is 9.09. The molecule has 7 nitrogen and oxygen atoms in total. The lowest BCUT2D eigenvalue weighted by Crippen LogP contribution is -2.41. The van der Waals surface area contributed by atoms with Crippen LogP contribution in [0, 0.1) is 11.8 Å². The number of carbonyl (C=O) groups excluding carboxylic acids is 1. The molecule has 4 aliphatic rings. The summed E-state index contributed by atoms with van der Waals surface area (Å²) in [7, 11) is 0. The first-order chi connectivity index (χ1) is 15.2.